The lowest BCUT2D eigenvalue weighted by molar-refractivity contribution is -0.384. The van der Waals surface area contributed by atoms with E-state index >= 15 is 0 Å². The number of nitro benzene ring substituents is 1. The summed E-state index contributed by atoms with van der Waals surface area (Å²) in [6, 6.07) is 9.15. The van der Waals surface area contributed by atoms with E-state index in [-0.39, 0.29) is 21.7 Å². The van der Waals surface area contributed by atoms with E-state index in [1.54, 1.807) is 11.9 Å². The molecule has 13 heteroatoms. The summed E-state index contributed by atoms with van der Waals surface area (Å²) in [6.07, 6.45) is 1.45. The topological polar surface area (TPSA) is 157 Å². The van der Waals surface area contributed by atoms with E-state index < -0.39 is 33.2 Å². The number of amides is 1. The molecule has 0 aliphatic carbocycles. The van der Waals surface area contributed by atoms with Crippen LogP contribution in [0.3, 0.4) is 0 Å². The molecule has 1 aliphatic heterocycles. The number of benzene rings is 2. The van der Waals surface area contributed by atoms with Gasteiger partial charge >= 0.3 is 5.76 Å². The smallest absolute Gasteiger partial charge is 0.407 e. The average molecular weight is 473 g/mol. The van der Waals surface area contributed by atoms with Crippen molar-refractivity contribution in [2.45, 2.75) is 24.3 Å². The fraction of sp³-hybridized carbons (Fsp3) is 0.250. The van der Waals surface area contributed by atoms with Gasteiger partial charge in [-0.2, -0.15) is 8.42 Å². The number of likely N-dealkylation sites (tertiary alicyclic amines) is 1. The number of sulfonamides is 1. The van der Waals surface area contributed by atoms with E-state index in [1.807, 2.05) is 0 Å². The second-order valence-electron chi connectivity index (χ2n) is 7.44. The van der Waals surface area contributed by atoms with Crippen molar-refractivity contribution in [2.75, 3.05) is 18.9 Å². The third-order valence-corrected chi connectivity index (χ3v) is 6.48. The maximum Gasteiger partial charge on any atom is 0.420 e. The van der Waals surface area contributed by atoms with Crippen LogP contribution in [-0.2, 0) is 21.4 Å². The van der Waals surface area contributed by atoms with E-state index in [9.17, 15) is 28.1 Å². The first-order valence-corrected chi connectivity index (χ1v) is 11.3. The molecule has 0 atom stereocenters. The van der Waals surface area contributed by atoms with Crippen LogP contribution in [0.15, 0.2) is 61.0 Å². The number of rotatable bonds is 6. The number of hydrogen-bond donors (Lipinski definition) is 1. The molecule has 3 aromatic rings. The molecular weight excluding hydrogens is 454 g/mol. The van der Waals surface area contributed by atoms with Crippen molar-refractivity contribution in [1.82, 2.24) is 9.47 Å². The van der Waals surface area contributed by atoms with E-state index in [1.165, 1.54) is 36.4 Å². The van der Waals surface area contributed by atoms with Crippen molar-refractivity contribution in [3.05, 3.63) is 63.1 Å². The Balaban J connectivity index is 1.48. The molecule has 1 aliphatic rings. The van der Waals surface area contributed by atoms with E-state index in [4.69, 9.17) is 4.42 Å². The second-order valence-corrected chi connectivity index (χ2v) is 9.05. The highest BCUT2D eigenvalue weighted by atomic mass is 32.2. The summed E-state index contributed by atoms with van der Waals surface area (Å²) in [5, 5.41) is 13.4. The van der Waals surface area contributed by atoms with Crippen LogP contribution in [0.4, 0.5) is 11.4 Å². The number of nitro groups is 1. The molecule has 1 fully saturated rings. The SMILES string of the molecule is CN1CCC/C1=N\S(=O)(=O)c1ccc(NC(=O)Cn2c(=O)oc3cc([N+](=O)[O-])ccc32)cc1. The standard InChI is InChI=1S/C20H19N5O7S/c1-23-10-2-3-18(23)22-33(30,31)15-7-4-13(5-8-15)21-19(26)12-24-16-9-6-14(25(28)29)11-17(16)32-20(24)27/h4-9,11H,2-3,10,12H2,1H3,(H,21,26)/b22-18+. The van der Waals surface area contributed by atoms with Gasteiger partial charge in [-0.05, 0) is 36.8 Å². The molecule has 1 amide bonds. The normalized spacial score (nSPS) is 15.3. The highest BCUT2D eigenvalue weighted by Crippen LogP contribution is 2.21. The Labute approximate surface area is 187 Å². The summed E-state index contributed by atoms with van der Waals surface area (Å²) in [7, 11) is -2.09. The number of non-ortho nitro benzene ring substituents is 1. The van der Waals surface area contributed by atoms with E-state index in [0.717, 1.165) is 23.6 Å². The lowest BCUT2D eigenvalue weighted by Gasteiger charge is -2.11. The molecule has 2 heterocycles. The molecule has 0 unspecified atom stereocenters. The van der Waals surface area contributed by atoms with Crippen molar-refractivity contribution in [3.63, 3.8) is 0 Å². The number of anilines is 1. The Morgan fingerprint density at radius 3 is 2.61 bits per heavy atom. The number of aromatic nitrogens is 1. The molecule has 0 bridgehead atoms. The van der Waals surface area contributed by atoms with Crippen molar-refractivity contribution < 1.29 is 22.6 Å². The average Bonchev–Trinajstić information content (AvgIpc) is 3.29. The number of fused-ring (bicyclic) bond motifs is 1. The van der Waals surface area contributed by atoms with Crippen LogP contribution in [0.1, 0.15) is 12.8 Å². The minimum atomic E-state index is -3.87. The number of nitrogens with one attached hydrogen (secondary N) is 1. The van der Waals surface area contributed by atoms with Gasteiger partial charge in [0.25, 0.3) is 15.7 Å². The highest BCUT2D eigenvalue weighted by molar-refractivity contribution is 7.90. The summed E-state index contributed by atoms with van der Waals surface area (Å²) >= 11 is 0. The lowest BCUT2D eigenvalue weighted by atomic mass is 10.3. The first kappa shape index (κ1) is 22.2. The fourth-order valence-electron chi connectivity index (χ4n) is 3.47. The third kappa shape index (κ3) is 4.62. The summed E-state index contributed by atoms with van der Waals surface area (Å²) in [5.41, 5.74) is 0.304. The zero-order valence-electron chi connectivity index (χ0n) is 17.4. The molecule has 1 N–H and O–H groups in total. The van der Waals surface area contributed by atoms with Crippen LogP contribution in [-0.4, -0.2) is 48.1 Å². The Morgan fingerprint density at radius 2 is 1.97 bits per heavy atom. The van der Waals surface area contributed by atoms with Crippen LogP contribution in [0.5, 0.6) is 0 Å². The number of nitrogens with zero attached hydrogens (tertiary/aromatic N) is 4. The van der Waals surface area contributed by atoms with Crippen molar-refractivity contribution >= 4 is 44.2 Å². The number of hydrogen-bond acceptors (Lipinski definition) is 7. The summed E-state index contributed by atoms with van der Waals surface area (Å²) in [4.78, 5) is 36.6. The summed E-state index contributed by atoms with van der Waals surface area (Å²) in [6.45, 7) is 0.356. The first-order chi connectivity index (χ1) is 15.6. The molecule has 12 nitrogen and oxygen atoms in total. The maximum atomic E-state index is 12.5. The number of carbonyl (C=O) groups excluding carboxylic acids is 1. The van der Waals surface area contributed by atoms with Gasteiger partial charge in [-0.15, -0.1) is 4.40 Å². The van der Waals surface area contributed by atoms with Gasteiger partial charge < -0.3 is 14.6 Å². The Bertz CT molecular complexity index is 1440. The van der Waals surface area contributed by atoms with Crippen LogP contribution in [0, 0.1) is 10.1 Å². The van der Waals surface area contributed by atoms with Crippen LogP contribution >= 0.6 is 0 Å². The highest BCUT2D eigenvalue weighted by Gasteiger charge is 2.20. The van der Waals surface area contributed by atoms with Gasteiger partial charge in [0.2, 0.25) is 5.91 Å². The van der Waals surface area contributed by atoms with Crippen LogP contribution in [0.2, 0.25) is 0 Å². The molecule has 1 saturated heterocycles. The minimum Gasteiger partial charge on any atom is -0.407 e. The first-order valence-electron chi connectivity index (χ1n) is 9.87. The molecule has 4 rings (SSSR count). The summed E-state index contributed by atoms with van der Waals surface area (Å²) in [5.74, 6) is -0.893. The molecule has 1 aromatic heterocycles. The molecule has 2 aromatic carbocycles. The monoisotopic (exact) mass is 473 g/mol. The largest absolute Gasteiger partial charge is 0.420 e. The van der Waals surface area contributed by atoms with E-state index in [2.05, 4.69) is 9.71 Å². The van der Waals surface area contributed by atoms with Gasteiger partial charge in [0, 0.05) is 31.8 Å². The van der Waals surface area contributed by atoms with Gasteiger partial charge in [0.1, 0.15) is 12.4 Å². The fourth-order valence-corrected chi connectivity index (χ4v) is 4.57. The zero-order chi connectivity index (χ0) is 23.8. The van der Waals surface area contributed by atoms with Gasteiger partial charge in [0.15, 0.2) is 5.58 Å². The number of carbonyl (C=O) groups is 1. The Morgan fingerprint density at radius 1 is 1.24 bits per heavy atom. The molecule has 172 valence electrons. The predicted octanol–water partition coefficient (Wildman–Crippen LogP) is 1.95. The van der Waals surface area contributed by atoms with Gasteiger partial charge in [-0.3, -0.25) is 19.5 Å². The van der Waals surface area contributed by atoms with Crippen LogP contribution < -0.4 is 11.1 Å². The van der Waals surface area contributed by atoms with Crippen molar-refractivity contribution in [2.24, 2.45) is 4.40 Å². The zero-order valence-corrected chi connectivity index (χ0v) is 18.2. The van der Waals surface area contributed by atoms with Crippen molar-refractivity contribution in [1.29, 1.82) is 0 Å². The lowest BCUT2D eigenvalue weighted by Crippen LogP contribution is -2.24. The third-order valence-electron chi connectivity index (χ3n) is 5.16. The number of amidine groups is 1. The second kappa shape index (κ2) is 8.50. The van der Waals surface area contributed by atoms with Gasteiger partial charge in [-0.25, -0.2) is 4.79 Å². The quantitative estimate of drug-likeness (QED) is 0.420. The molecule has 0 saturated carbocycles. The molecule has 33 heavy (non-hydrogen) atoms. The number of oxazole rings is 1. The van der Waals surface area contributed by atoms with Crippen LogP contribution in [0.25, 0.3) is 11.1 Å². The minimum absolute atomic E-state index is 0.00746. The molecule has 0 radical (unpaired) electrons. The Hall–Kier alpha value is -4.00. The molecular formula is C20H19N5O7S. The van der Waals surface area contributed by atoms with Crippen molar-refractivity contribution in [3.8, 4) is 0 Å². The van der Waals surface area contributed by atoms with E-state index in [0.29, 0.717) is 17.9 Å². The summed E-state index contributed by atoms with van der Waals surface area (Å²) < 4.78 is 35.0. The van der Waals surface area contributed by atoms with Gasteiger partial charge in [0.05, 0.1) is 21.4 Å². The predicted molar refractivity (Wildman–Crippen MR) is 119 cm³/mol. The maximum absolute atomic E-state index is 12.5. The molecule has 0 spiro atoms. The Kier molecular flexibility index (Phi) is 5.72. The van der Waals surface area contributed by atoms with Gasteiger partial charge in [-0.1, -0.05) is 0 Å².